The van der Waals surface area contributed by atoms with Gasteiger partial charge in [0.25, 0.3) is 0 Å². The number of halogens is 1. The minimum atomic E-state index is 0.284. The Morgan fingerprint density at radius 1 is 1.25 bits per heavy atom. The summed E-state index contributed by atoms with van der Waals surface area (Å²) in [4.78, 5) is 2.57. The van der Waals surface area contributed by atoms with Gasteiger partial charge in [-0.15, -0.1) is 0 Å². The standard InChI is InChI=1S/C12H14BrNO2/c1-14-3-2-8-6-10-11(16-5-4-15-10)7-9(8)12(14)13/h6-7,12H,2-5H2,1H3. The molecule has 0 amide bonds. The molecule has 3 nitrogen and oxygen atoms in total. The van der Waals surface area contributed by atoms with Crippen molar-refractivity contribution in [3.63, 3.8) is 0 Å². The van der Waals surface area contributed by atoms with E-state index in [-0.39, 0.29) is 4.95 Å². The summed E-state index contributed by atoms with van der Waals surface area (Å²) in [6.45, 7) is 2.38. The molecule has 3 rings (SSSR count). The first-order chi connectivity index (χ1) is 7.75. The van der Waals surface area contributed by atoms with Crippen molar-refractivity contribution >= 4 is 15.9 Å². The second kappa shape index (κ2) is 3.93. The molecule has 1 aromatic rings. The molecule has 1 unspecified atom stereocenters. The van der Waals surface area contributed by atoms with E-state index in [1.54, 1.807) is 0 Å². The van der Waals surface area contributed by atoms with E-state index in [0.717, 1.165) is 24.5 Å². The van der Waals surface area contributed by atoms with Gasteiger partial charge in [-0.05, 0) is 36.7 Å². The van der Waals surface area contributed by atoms with Crippen LogP contribution in [0.2, 0.25) is 0 Å². The Morgan fingerprint density at radius 2 is 1.94 bits per heavy atom. The van der Waals surface area contributed by atoms with E-state index < -0.39 is 0 Å². The van der Waals surface area contributed by atoms with Crippen LogP contribution in [0.15, 0.2) is 12.1 Å². The Morgan fingerprint density at radius 3 is 2.69 bits per heavy atom. The molecule has 0 saturated carbocycles. The summed E-state index contributed by atoms with van der Waals surface area (Å²) in [7, 11) is 2.12. The molecule has 0 bridgehead atoms. The van der Waals surface area contributed by atoms with Crippen LogP contribution in [-0.2, 0) is 6.42 Å². The number of likely N-dealkylation sites (N-methyl/N-ethyl adjacent to an activating group) is 1. The van der Waals surface area contributed by atoms with Crippen molar-refractivity contribution in [3.05, 3.63) is 23.3 Å². The quantitative estimate of drug-likeness (QED) is 0.539. The normalized spacial score (nSPS) is 24.0. The lowest BCUT2D eigenvalue weighted by molar-refractivity contribution is 0.170. The first kappa shape index (κ1) is 10.4. The lowest BCUT2D eigenvalue weighted by atomic mass is 9.99. The first-order valence-electron chi connectivity index (χ1n) is 5.52. The van der Waals surface area contributed by atoms with E-state index >= 15 is 0 Å². The largest absolute Gasteiger partial charge is 0.486 e. The maximum absolute atomic E-state index is 5.61. The van der Waals surface area contributed by atoms with Gasteiger partial charge in [-0.3, -0.25) is 4.90 Å². The third-order valence-corrected chi connectivity index (χ3v) is 4.37. The van der Waals surface area contributed by atoms with Crippen LogP contribution >= 0.6 is 15.9 Å². The molecule has 2 aliphatic heterocycles. The maximum atomic E-state index is 5.61. The minimum absolute atomic E-state index is 0.284. The van der Waals surface area contributed by atoms with E-state index in [4.69, 9.17) is 9.47 Å². The molecule has 4 heteroatoms. The topological polar surface area (TPSA) is 21.7 Å². The van der Waals surface area contributed by atoms with Crippen LogP contribution in [0, 0.1) is 0 Å². The van der Waals surface area contributed by atoms with E-state index in [2.05, 4.69) is 40.0 Å². The molecule has 0 spiro atoms. The van der Waals surface area contributed by atoms with Gasteiger partial charge < -0.3 is 9.47 Å². The van der Waals surface area contributed by atoms with E-state index in [1.807, 2.05) is 0 Å². The Balaban J connectivity index is 2.06. The summed E-state index contributed by atoms with van der Waals surface area (Å²) in [6.07, 6.45) is 1.07. The third kappa shape index (κ3) is 1.60. The molecule has 0 saturated heterocycles. The van der Waals surface area contributed by atoms with Crippen LogP contribution in [0.1, 0.15) is 16.1 Å². The third-order valence-electron chi connectivity index (χ3n) is 3.18. The van der Waals surface area contributed by atoms with Gasteiger partial charge in [0, 0.05) is 6.54 Å². The second-order valence-electron chi connectivity index (χ2n) is 4.26. The second-order valence-corrected chi connectivity index (χ2v) is 5.13. The van der Waals surface area contributed by atoms with Gasteiger partial charge in [-0.1, -0.05) is 15.9 Å². The van der Waals surface area contributed by atoms with E-state index in [0.29, 0.717) is 13.2 Å². The van der Waals surface area contributed by atoms with Crippen LogP contribution in [-0.4, -0.2) is 31.7 Å². The van der Waals surface area contributed by atoms with Crippen molar-refractivity contribution in [1.29, 1.82) is 0 Å². The molecule has 2 aliphatic rings. The monoisotopic (exact) mass is 283 g/mol. The van der Waals surface area contributed by atoms with Crippen molar-refractivity contribution in [2.75, 3.05) is 26.8 Å². The fourth-order valence-electron chi connectivity index (χ4n) is 2.23. The Hall–Kier alpha value is -0.740. The van der Waals surface area contributed by atoms with E-state index in [9.17, 15) is 0 Å². The van der Waals surface area contributed by atoms with Crippen LogP contribution in [0.25, 0.3) is 0 Å². The first-order valence-corrected chi connectivity index (χ1v) is 6.44. The highest BCUT2D eigenvalue weighted by Gasteiger charge is 2.25. The summed E-state index contributed by atoms with van der Waals surface area (Å²) in [5, 5.41) is 0. The molecule has 16 heavy (non-hydrogen) atoms. The fraction of sp³-hybridized carbons (Fsp3) is 0.500. The van der Waals surface area contributed by atoms with Crippen LogP contribution < -0.4 is 9.47 Å². The summed E-state index contributed by atoms with van der Waals surface area (Å²) in [5.74, 6) is 1.78. The Bertz CT molecular complexity index is 422. The van der Waals surface area contributed by atoms with Crippen molar-refractivity contribution in [2.45, 2.75) is 11.4 Å². The van der Waals surface area contributed by atoms with Gasteiger partial charge in [-0.25, -0.2) is 0 Å². The molecular formula is C12H14BrNO2. The Kier molecular flexibility index (Phi) is 2.56. The van der Waals surface area contributed by atoms with Crippen LogP contribution in [0.4, 0.5) is 0 Å². The predicted octanol–water partition coefficient (Wildman–Crippen LogP) is 2.34. The summed E-state index contributed by atoms with van der Waals surface area (Å²) in [5.41, 5.74) is 2.67. The summed E-state index contributed by atoms with van der Waals surface area (Å²) >= 11 is 3.71. The van der Waals surface area contributed by atoms with Crippen molar-refractivity contribution < 1.29 is 9.47 Å². The summed E-state index contributed by atoms with van der Waals surface area (Å²) in [6, 6.07) is 4.24. The highest BCUT2D eigenvalue weighted by Crippen LogP contribution is 2.40. The number of hydrogen-bond donors (Lipinski definition) is 0. The molecule has 2 heterocycles. The van der Waals surface area contributed by atoms with Gasteiger partial charge in [0.2, 0.25) is 0 Å². The zero-order chi connectivity index (χ0) is 11.1. The molecule has 1 atom stereocenters. The average Bonchev–Trinajstić information content (AvgIpc) is 2.32. The number of rotatable bonds is 0. The number of fused-ring (bicyclic) bond motifs is 2. The number of alkyl halides is 1. The molecule has 86 valence electrons. The number of ether oxygens (including phenoxy) is 2. The smallest absolute Gasteiger partial charge is 0.161 e. The van der Waals surface area contributed by atoms with Gasteiger partial charge >= 0.3 is 0 Å². The van der Waals surface area contributed by atoms with Crippen molar-refractivity contribution in [1.82, 2.24) is 4.90 Å². The van der Waals surface area contributed by atoms with Gasteiger partial charge in [0.15, 0.2) is 11.5 Å². The van der Waals surface area contributed by atoms with Crippen LogP contribution in [0.5, 0.6) is 11.5 Å². The van der Waals surface area contributed by atoms with E-state index in [1.165, 1.54) is 11.1 Å². The molecule has 0 fully saturated rings. The lowest BCUT2D eigenvalue weighted by Gasteiger charge is -2.32. The molecule has 0 N–H and O–H groups in total. The SMILES string of the molecule is CN1CCc2cc3c(cc2C1Br)OCCO3. The molecule has 0 aliphatic carbocycles. The number of benzene rings is 1. The van der Waals surface area contributed by atoms with Crippen molar-refractivity contribution in [2.24, 2.45) is 0 Å². The fourth-order valence-corrected chi connectivity index (χ4v) is 2.86. The molecule has 0 radical (unpaired) electrons. The number of nitrogens with zero attached hydrogens (tertiary/aromatic N) is 1. The number of hydrogen-bond acceptors (Lipinski definition) is 3. The van der Waals surface area contributed by atoms with Gasteiger partial charge in [0.05, 0.1) is 4.95 Å². The molecular weight excluding hydrogens is 270 g/mol. The molecule has 0 aromatic heterocycles. The lowest BCUT2D eigenvalue weighted by Crippen LogP contribution is -2.29. The van der Waals surface area contributed by atoms with Gasteiger partial charge in [-0.2, -0.15) is 0 Å². The minimum Gasteiger partial charge on any atom is -0.486 e. The highest BCUT2D eigenvalue weighted by molar-refractivity contribution is 9.09. The van der Waals surface area contributed by atoms with Crippen LogP contribution in [0.3, 0.4) is 0 Å². The summed E-state index contributed by atoms with van der Waals surface area (Å²) < 4.78 is 11.2. The predicted molar refractivity (Wildman–Crippen MR) is 65.4 cm³/mol. The van der Waals surface area contributed by atoms with Gasteiger partial charge in [0.1, 0.15) is 13.2 Å². The zero-order valence-corrected chi connectivity index (χ0v) is 10.8. The highest BCUT2D eigenvalue weighted by atomic mass is 79.9. The van der Waals surface area contributed by atoms with Crippen molar-refractivity contribution in [3.8, 4) is 11.5 Å². The maximum Gasteiger partial charge on any atom is 0.161 e. The zero-order valence-electron chi connectivity index (χ0n) is 9.20. The Labute approximate surface area is 103 Å². The molecule has 1 aromatic carbocycles. The average molecular weight is 284 g/mol.